The van der Waals surface area contributed by atoms with Gasteiger partial charge < -0.3 is 25.5 Å². The molecular formula is C19H32N4O2. The monoisotopic (exact) mass is 348 g/mol. The van der Waals surface area contributed by atoms with E-state index in [0.717, 1.165) is 56.6 Å². The van der Waals surface area contributed by atoms with Gasteiger partial charge in [0.25, 0.3) is 0 Å². The summed E-state index contributed by atoms with van der Waals surface area (Å²) in [5, 5.41) is 15.1. The van der Waals surface area contributed by atoms with Gasteiger partial charge in [0, 0.05) is 38.8 Å². The van der Waals surface area contributed by atoms with Gasteiger partial charge in [0.15, 0.2) is 0 Å². The summed E-state index contributed by atoms with van der Waals surface area (Å²) >= 11 is 0. The van der Waals surface area contributed by atoms with Crippen LogP contribution in [0.25, 0.3) is 0 Å². The molecule has 6 nitrogen and oxygen atoms in total. The van der Waals surface area contributed by atoms with Crippen molar-refractivity contribution in [2.24, 2.45) is 0 Å². The Morgan fingerprint density at radius 1 is 1.20 bits per heavy atom. The number of aliphatic hydroxyl groups excluding tert-OH is 1. The molecule has 6 heteroatoms. The van der Waals surface area contributed by atoms with Crippen LogP contribution >= 0.6 is 0 Å². The van der Waals surface area contributed by atoms with Gasteiger partial charge >= 0.3 is 6.03 Å². The second-order valence-electron chi connectivity index (χ2n) is 7.04. The SMILES string of the molecule is CN(C)CCN1CCC(NC(=O)NCCc2ccc(CO)cc2)CC1. The smallest absolute Gasteiger partial charge is 0.315 e. The lowest BCUT2D eigenvalue weighted by Gasteiger charge is -2.32. The highest BCUT2D eigenvalue weighted by Gasteiger charge is 2.20. The van der Waals surface area contributed by atoms with Crippen molar-refractivity contribution in [3.8, 4) is 0 Å². The van der Waals surface area contributed by atoms with Crippen molar-refractivity contribution < 1.29 is 9.90 Å². The lowest BCUT2D eigenvalue weighted by atomic mass is 10.1. The largest absolute Gasteiger partial charge is 0.392 e. The molecule has 2 rings (SSSR count). The minimum atomic E-state index is -0.0706. The lowest BCUT2D eigenvalue weighted by molar-refractivity contribution is 0.180. The number of carbonyl (C=O) groups excluding carboxylic acids is 1. The summed E-state index contributed by atoms with van der Waals surface area (Å²) in [6.45, 7) is 4.96. The molecule has 1 saturated heterocycles. The van der Waals surface area contributed by atoms with Gasteiger partial charge in [-0.25, -0.2) is 4.79 Å². The molecule has 0 bridgehead atoms. The molecule has 0 radical (unpaired) electrons. The molecular weight excluding hydrogens is 316 g/mol. The van der Waals surface area contributed by atoms with Gasteiger partial charge in [0.05, 0.1) is 6.61 Å². The second kappa shape index (κ2) is 10.4. The third-order valence-electron chi connectivity index (χ3n) is 4.69. The zero-order valence-corrected chi connectivity index (χ0v) is 15.5. The van der Waals surface area contributed by atoms with Gasteiger partial charge in [-0.3, -0.25) is 0 Å². The maximum Gasteiger partial charge on any atom is 0.315 e. The van der Waals surface area contributed by atoms with Crippen LogP contribution in [0, 0.1) is 0 Å². The number of amides is 2. The van der Waals surface area contributed by atoms with Crippen LogP contribution in [0.5, 0.6) is 0 Å². The van der Waals surface area contributed by atoms with Gasteiger partial charge in [-0.05, 0) is 44.5 Å². The first-order valence-corrected chi connectivity index (χ1v) is 9.17. The number of aliphatic hydroxyl groups is 1. The zero-order valence-electron chi connectivity index (χ0n) is 15.5. The van der Waals surface area contributed by atoms with Crippen LogP contribution in [-0.2, 0) is 13.0 Å². The Morgan fingerprint density at radius 2 is 1.84 bits per heavy atom. The van der Waals surface area contributed by atoms with E-state index in [2.05, 4.69) is 34.5 Å². The van der Waals surface area contributed by atoms with E-state index in [1.807, 2.05) is 24.3 Å². The second-order valence-corrected chi connectivity index (χ2v) is 7.04. The third-order valence-corrected chi connectivity index (χ3v) is 4.69. The Kier molecular flexibility index (Phi) is 8.18. The molecule has 25 heavy (non-hydrogen) atoms. The minimum absolute atomic E-state index is 0.0644. The van der Waals surface area contributed by atoms with Crippen LogP contribution in [0.3, 0.4) is 0 Å². The molecule has 0 unspecified atom stereocenters. The molecule has 1 aromatic rings. The average Bonchev–Trinajstić information content (AvgIpc) is 2.61. The fourth-order valence-corrected chi connectivity index (χ4v) is 3.01. The lowest BCUT2D eigenvalue weighted by Crippen LogP contribution is -2.49. The first kappa shape index (κ1) is 19.7. The highest BCUT2D eigenvalue weighted by Crippen LogP contribution is 2.10. The maximum absolute atomic E-state index is 12.0. The molecule has 0 atom stereocenters. The number of nitrogens with one attached hydrogen (secondary N) is 2. The number of hydrogen-bond donors (Lipinski definition) is 3. The van der Waals surface area contributed by atoms with Crippen molar-refractivity contribution in [1.29, 1.82) is 0 Å². The van der Waals surface area contributed by atoms with E-state index in [4.69, 9.17) is 5.11 Å². The van der Waals surface area contributed by atoms with Gasteiger partial charge in [-0.1, -0.05) is 24.3 Å². The zero-order chi connectivity index (χ0) is 18.1. The average molecular weight is 348 g/mol. The summed E-state index contributed by atoms with van der Waals surface area (Å²) in [7, 11) is 4.19. The van der Waals surface area contributed by atoms with E-state index >= 15 is 0 Å². The van der Waals surface area contributed by atoms with E-state index < -0.39 is 0 Å². The fourth-order valence-electron chi connectivity index (χ4n) is 3.01. The number of nitrogens with zero attached hydrogens (tertiary/aromatic N) is 2. The summed E-state index contributed by atoms with van der Waals surface area (Å²) in [4.78, 5) is 16.7. The Balaban J connectivity index is 1.59. The van der Waals surface area contributed by atoms with Crippen LogP contribution in [0.15, 0.2) is 24.3 Å². The van der Waals surface area contributed by atoms with Crippen molar-refractivity contribution in [3.05, 3.63) is 35.4 Å². The van der Waals surface area contributed by atoms with E-state index in [1.165, 1.54) is 0 Å². The normalized spacial score (nSPS) is 16.2. The predicted octanol–water partition coefficient (Wildman–Crippen LogP) is 1.05. The van der Waals surface area contributed by atoms with Crippen molar-refractivity contribution >= 4 is 6.03 Å². The highest BCUT2D eigenvalue weighted by atomic mass is 16.3. The van der Waals surface area contributed by atoms with Crippen LogP contribution in [0.2, 0.25) is 0 Å². The van der Waals surface area contributed by atoms with E-state index in [1.54, 1.807) is 0 Å². The molecule has 1 aliphatic heterocycles. The summed E-state index contributed by atoms with van der Waals surface area (Å²) in [5.41, 5.74) is 2.07. The molecule has 0 aliphatic carbocycles. The fraction of sp³-hybridized carbons (Fsp3) is 0.632. The quantitative estimate of drug-likeness (QED) is 0.657. The molecule has 1 heterocycles. The highest BCUT2D eigenvalue weighted by molar-refractivity contribution is 5.74. The van der Waals surface area contributed by atoms with Gasteiger partial charge in [0.1, 0.15) is 0 Å². The number of hydrogen-bond acceptors (Lipinski definition) is 4. The van der Waals surface area contributed by atoms with Crippen LogP contribution in [0.4, 0.5) is 4.79 Å². The molecule has 0 spiro atoms. The van der Waals surface area contributed by atoms with Crippen LogP contribution in [0.1, 0.15) is 24.0 Å². The van der Waals surface area contributed by atoms with Crippen molar-refractivity contribution in [2.75, 3.05) is 46.8 Å². The van der Waals surface area contributed by atoms with Gasteiger partial charge in [0.2, 0.25) is 0 Å². The molecule has 2 amide bonds. The number of rotatable bonds is 8. The van der Waals surface area contributed by atoms with E-state index in [9.17, 15) is 4.79 Å². The number of carbonyl (C=O) groups is 1. The molecule has 1 aliphatic rings. The topological polar surface area (TPSA) is 67.8 Å². The predicted molar refractivity (Wildman–Crippen MR) is 101 cm³/mol. The maximum atomic E-state index is 12.0. The standard InChI is InChI=1S/C19H32N4O2/c1-22(2)13-14-23-11-8-18(9-12-23)21-19(25)20-10-7-16-3-5-17(15-24)6-4-16/h3-6,18,24H,7-15H2,1-2H3,(H2,20,21,25). The Morgan fingerprint density at radius 3 is 2.44 bits per heavy atom. The summed E-state index contributed by atoms with van der Waals surface area (Å²) < 4.78 is 0. The van der Waals surface area contributed by atoms with E-state index in [-0.39, 0.29) is 18.7 Å². The number of likely N-dealkylation sites (N-methyl/N-ethyl adjacent to an activating group) is 1. The van der Waals surface area contributed by atoms with Crippen LogP contribution < -0.4 is 10.6 Å². The Labute approximate surface area is 151 Å². The third kappa shape index (κ3) is 7.42. The summed E-state index contributed by atoms with van der Waals surface area (Å²) in [6, 6.07) is 8.03. The summed E-state index contributed by atoms with van der Waals surface area (Å²) in [5.74, 6) is 0. The molecule has 0 aromatic heterocycles. The first-order chi connectivity index (χ1) is 12.1. The number of likely N-dealkylation sites (tertiary alicyclic amines) is 1. The minimum Gasteiger partial charge on any atom is -0.392 e. The molecule has 0 saturated carbocycles. The van der Waals surface area contributed by atoms with Gasteiger partial charge in [-0.2, -0.15) is 0 Å². The molecule has 3 N–H and O–H groups in total. The first-order valence-electron chi connectivity index (χ1n) is 9.17. The number of urea groups is 1. The Hall–Kier alpha value is -1.63. The molecule has 1 fully saturated rings. The Bertz CT molecular complexity index is 511. The summed E-state index contributed by atoms with van der Waals surface area (Å²) in [6.07, 6.45) is 2.83. The number of piperidine rings is 1. The van der Waals surface area contributed by atoms with Gasteiger partial charge in [-0.15, -0.1) is 0 Å². The number of benzene rings is 1. The van der Waals surface area contributed by atoms with Crippen molar-refractivity contribution in [2.45, 2.75) is 31.9 Å². The van der Waals surface area contributed by atoms with Crippen LogP contribution in [-0.4, -0.2) is 73.8 Å². The van der Waals surface area contributed by atoms with Crippen molar-refractivity contribution in [1.82, 2.24) is 20.4 Å². The molecule has 1 aromatic carbocycles. The molecule has 140 valence electrons. The van der Waals surface area contributed by atoms with Crippen molar-refractivity contribution in [3.63, 3.8) is 0 Å². The van der Waals surface area contributed by atoms with E-state index in [0.29, 0.717) is 6.54 Å².